The maximum Gasteiger partial charge on any atom is 0.238 e. The van der Waals surface area contributed by atoms with Crippen molar-refractivity contribution < 1.29 is 14.6 Å². The standard InChI is InChI=1S/C12H26N2O3/c1-9(11(16)14(5)6)13-7-10(15)8-17-12(2,3)4/h9-10,13,15H,7-8H2,1-6H3. The number of nitrogens with zero attached hydrogens (tertiary/aromatic N) is 1. The molecule has 0 saturated carbocycles. The van der Waals surface area contributed by atoms with Crippen LogP contribution >= 0.6 is 0 Å². The van der Waals surface area contributed by atoms with Gasteiger partial charge in [-0.05, 0) is 27.7 Å². The van der Waals surface area contributed by atoms with Gasteiger partial charge in [-0.1, -0.05) is 0 Å². The molecule has 0 saturated heterocycles. The van der Waals surface area contributed by atoms with E-state index in [1.807, 2.05) is 20.8 Å². The molecule has 2 unspecified atom stereocenters. The molecule has 17 heavy (non-hydrogen) atoms. The molecule has 0 heterocycles. The fraction of sp³-hybridized carbons (Fsp3) is 0.917. The second-order valence-electron chi connectivity index (χ2n) is 5.44. The third kappa shape index (κ3) is 8.12. The highest BCUT2D eigenvalue weighted by atomic mass is 16.5. The molecule has 0 aromatic rings. The van der Waals surface area contributed by atoms with E-state index >= 15 is 0 Å². The van der Waals surface area contributed by atoms with Crippen LogP contribution in [-0.4, -0.2) is 60.9 Å². The molecule has 0 aromatic carbocycles. The summed E-state index contributed by atoms with van der Waals surface area (Å²) < 4.78 is 5.45. The van der Waals surface area contributed by atoms with Crippen LogP contribution in [0.3, 0.4) is 0 Å². The van der Waals surface area contributed by atoms with Crippen molar-refractivity contribution in [2.45, 2.75) is 45.4 Å². The van der Waals surface area contributed by atoms with Crippen molar-refractivity contribution in [3.63, 3.8) is 0 Å². The second kappa shape index (κ2) is 6.93. The van der Waals surface area contributed by atoms with Crippen LogP contribution in [0.2, 0.25) is 0 Å². The summed E-state index contributed by atoms with van der Waals surface area (Å²) >= 11 is 0. The lowest BCUT2D eigenvalue weighted by Gasteiger charge is -2.23. The number of hydrogen-bond donors (Lipinski definition) is 2. The lowest BCUT2D eigenvalue weighted by molar-refractivity contribution is -0.130. The minimum Gasteiger partial charge on any atom is -0.389 e. The molecule has 0 fully saturated rings. The Morgan fingerprint density at radius 2 is 1.94 bits per heavy atom. The summed E-state index contributed by atoms with van der Waals surface area (Å²) in [6.45, 7) is 8.19. The molecule has 0 aromatic heterocycles. The smallest absolute Gasteiger partial charge is 0.238 e. The van der Waals surface area contributed by atoms with Crippen LogP contribution in [0.15, 0.2) is 0 Å². The first-order valence-corrected chi connectivity index (χ1v) is 5.90. The van der Waals surface area contributed by atoms with Gasteiger partial charge in [-0.2, -0.15) is 0 Å². The van der Waals surface area contributed by atoms with E-state index < -0.39 is 6.10 Å². The van der Waals surface area contributed by atoms with Crippen LogP contribution in [0, 0.1) is 0 Å². The van der Waals surface area contributed by atoms with E-state index in [-0.39, 0.29) is 24.2 Å². The van der Waals surface area contributed by atoms with Crippen molar-refractivity contribution in [3.05, 3.63) is 0 Å². The highest BCUT2D eigenvalue weighted by molar-refractivity contribution is 5.80. The molecule has 2 N–H and O–H groups in total. The zero-order chi connectivity index (χ0) is 13.6. The first-order chi connectivity index (χ1) is 7.63. The average Bonchev–Trinajstić information content (AvgIpc) is 2.20. The number of aliphatic hydroxyl groups is 1. The third-order valence-corrected chi connectivity index (χ3v) is 2.18. The van der Waals surface area contributed by atoms with Crippen molar-refractivity contribution in [2.75, 3.05) is 27.2 Å². The van der Waals surface area contributed by atoms with Gasteiger partial charge in [-0.25, -0.2) is 0 Å². The van der Waals surface area contributed by atoms with E-state index in [0.29, 0.717) is 6.54 Å². The van der Waals surface area contributed by atoms with Crippen molar-refractivity contribution in [3.8, 4) is 0 Å². The summed E-state index contributed by atoms with van der Waals surface area (Å²) in [4.78, 5) is 13.0. The predicted molar refractivity (Wildman–Crippen MR) is 67.9 cm³/mol. The molecule has 102 valence electrons. The van der Waals surface area contributed by atoms with E-state index in [1.165, 1.54) is 4.90 Å². The maximum atomic E-state index is 11.5. The molecule has 5 heteroatoms. The van der Waals surface area contributed by atoms with Gasteiger partial charge in [0.1, 0.15) is 0 Å². The van der Waals surface area contributed by atoms with Gasteiger partial charge in [-0.3, -0.25) is 4.79 Å². The highest BCUT2D eigenvalue weighted by Crippen LogP contribution is 2.06. The Kier molecular flexibility index (Phi) is 6.67. The van der Waals surface area contributed by atoms with Gasteiger partial charge < -0.3 is 20.1 Å². The normalized spacial score (nSPS) is 15.5. The van der Waals surface area contributed by atoms with E-state index in [0.717, 1.165) is 0 Å². The molecular formula is C12H26N2O3. The van der Waals surface area contributed by atoms with E-state index in [9.17, 15) is 9.90 Å². The van der Waals surface area contributed by atoms with Crippen molar-refractivity contribution >= 4 is 5.91 Å². The number of ether oxygens (including phenoxy) is 1. The largest absolute Gasteiger partial charge is 0.389 e. The lowest BCUT2D eigenvalue weighted by atomic mass is 10.2. The van der Waals surface area contributed by atoms with E-state index in [1.54, 1.807) is 21.0 Å². The first kappa shape index (κ1) is 16.4. The van der Waals surface area contributed by atoms with Gasteiger partial charge in [-0.15, -0.1) is 0 Å². The Morgan fingerprint density at radius 1 is 1.41 bits per heavy atom. The summed E-state index contributed by atoms with van der Waals surface area (Å²) in [6, 6.07) is -0.297. The van der Waals surface area contributed by atoms with Crippen LogP contribution in [0.25, 0.3) is 0 Å². The lowest BCUT2D eigenvalue weighted by Crippen LogP contribution is -2.45. The van der Waals surface area contributed by atoms with Crippen LogP contribution in [0.5, 0.6) is 0 Å². The highest BCUT2D eigenvalue weighted by Gasteiger charge is 2.17. The predicted octanol–water partition coefficient (Wildman–Crippen LogP) is 0.229. The molecule has 0 radical (unpaired) electrons. The molecule has 0 aliphatic rings. The summed E-state index contributed by atoms with van der Waals surface area (Å²) in [5, 5.41) is 12.6. The Bertz CT molecular complexity index is 236. The Morgan fingerprint density at radius 3 is 2.35 bits per heavy atom. The monoisotopic (exact) mass is 246 g/mol. The molecule has 0 bridgehead atoms. The average molecular weight is 246 g/mol. The van der Waals surface area contributed by atoms with Crippen molar-refractivity contribution in [1.29, 1.82) is 0 Å². The SMILES string of the molecule is CC(NCC(O)COC(C)(C)C)C(=O)N(C)C. The van der Waals surface area contributed by atoms with Crippen molar-refractivity contribution in [1.82, 2.24) is 10.2 Å². The molecule has 2 atom stereocenters. The van der Waals surface area contributed by atoms with Crippen LogP contribution in [0.1, 0.15) is 27.7 Å². The Labute approximate surface area is 104 Å². The fourth-order valence-electron chi connectivity index (χ4n) is 1.19. The second-order valence-corrected chi connectivity index (χ2v) is 5.44. The number of nitrogens with one attached hydrogen (secondary N) is 1. The molecule has 0 aliphatic heterocycles. The zero-order valence-corrected chi connectivity index (χ0v) is 11.8. The Hall–Kier alpha value is -0.650. The van der Waals surface area contributed by atoms with Crippen molar-refractivity contribution in [2.24, 2.45) is 0 Å². The fourth-order valence-corrected chi connectivity index (χ4v) is 1.19. The first-order valence-electron chi connectivity index (χ1n) is 5.90. The molecule has 1 amide bonds. The van der Waals surface area contributed by atoms with E-state index in [4.69, 9.17) is 4.74 Å². The maximum absolute atomic E-state index is 11.5. The van der Waals surface area contributed by atoms with Gasteiger partial charge >= 0.3 is 0 Å². The summed E-state index contributed by atoms with van der Waals surface area (Å²) in [5.74, 6) is -0.00561. The van der Waals surface area contributed by atoms with Gasteiger partial charge in [0.05, 0.1) is 24.4 Å². The number of likely N-dealkylation sites (N-methyl/N-ethyl adjacent to an activating group) is 1. The quantitative estimate of drug-likeness (QED) is 0.704. The van der Waals surface area contributed by atoms with Gasteiger partial charge in [0.2, 0.25) is 5.91 Å². The molecule has 0 spiro atoms. The number of rotatable bonds is 6. The number of carbonyl (C=O) groups is 1. The number of carbonyl (C=O) groups excluding carboxylic acids is 1. The number of hydrogen-bond acceptors (Lipinski definition) is 4. The minimum absolute atomic E-state index is 0.00561. The number of amides is 1. The Balaban J connectivity index is 3.84. The number of aliphatic hydroxyl groups excluding tert-OH is 1. The van der Waals surface area contributed by atoms with Gasteiger partial charge in [0.25, 0.3) is 0 Å². The molecular weight excluding hydrogens is 220 g/mol. The topological polar surface area (TPSA) is 61.8 Å². The minimum atomic E-state index is -0.605. The van der Waals surface area contributed by atoms with Crippen LogP contribution in [0.4, 0.5) is 0 Å². The summed E-state index contributed by atoms with van der Waals surface area (Å²) in [6.07, 6.45) is -0.605. The third-order valence-electron chi connectivity index (χ3n) is 2.18. The summed E-state index contributed by atoms with van der Waals surface area (Å²) in [7, 11) is 3.42. The van der Waals surface area contributed by atoms with Gasteiger partial charge in [0, 0.05) is 20.6 Å². The molecule has 0 aliphatic carbocycles. The van der Waals surface area contributed by atoms with Gasteiger partial charge in [0.15, 0.2) is 0 Å². The van der Waals surface area contributed by atoms with Crippen LogP contribution in [-0.2, 0) is 9.53 Å². The summed E-state index contributed by atoms with van der Waals surface area (Å²) in [5.41, 5.74) is -0.258. The molecule has 5 nitrogen and oxygen atoms in total. The molecule has 0 rings (SSSR count). The van der Waals surface area contributed by atoms with Crippen LogP contribution < -0.4 is 5.32 Å². The van der Waals surface area contributed by atoms with E-state index in [2.05, 4.69) is 5.32 Å². The zero-order valence-electron chi connectivity index (χ0n) is 11.8.